The number of nitrogens with zero attached hydrogens (tertiary/aromatic N) is 3. The van der Waals surface area contributed by atoms with Crippen molar-refractivity contribution in [3.63, 3.8) is 0 Å². The molecule has 31 heavy (non-hydrogen) atoms. The molecule has 3 heterocycles. The van der Waals surface area contributed by atoms with Gasteiger partial charge in [0.15, 0.2) is 6.61 Å². The van der Waals surface area contributed by atoms with E-state index in [0.29, 0.717) is 18.8 Å². The molecule has 0 radical (unpaired) electrons. The number of esters is 1. The number of anilines is 1. The van der Waals surface area contributed by atoms with Crippen molar-refractivity contribution in [1.82, 2.24) is 9.88 Å². The third kappa shape index (κ3) is 5.42. The molecule has 1 aromatic carbocycles. The molecule has 0 spiro atoms. The number of carbonyl (C=O) groups is 2. The second-order valence-corrected chi connectivity index (χ2v) is 8.83. The zero-order valence-corrected chi connectivity index (χ0v) is 18.8. The van der Waals surface area contributed by atoms with E-state index >= 15 is 0 Å². The Morgan fingerprint density at radius 3 is 2.52 bits per heavy atom. The summed E-state index contributed by atoms with van der Waals surface area (Å²) in [5.74, 6) is 0.216. The Labute approximate surface area is 188 Å². The van der Waals surface area contributed by atoms with Gasteiger partial charge < -0.3 is 19.3 Å². The van der Waals surface area contributed by atoms with Gasteiger partial charge in [-0.1, -0.05) is 6.07 Å². The average Bonchev–Trinajstić information content (AvgIpc) is 3.50. The van der Waals surface area contributed by atoms with Gasteiger partial charge in [0.1, 0.15) is 10.8 Å². The number of amides is 1. The zero-order chi connectivity index (χ0) is 21.6. The van der Waals surface area contributed by atoms with Gasteiger partial charge in [-0.05, 0) is 35.7 Å². The summed E-state index contributed by atoms with van der Waals surface area (Å²) in [6, 6.07) is 11.9. The highest BCUT2D eigenvalue weighted by Crippen LogP contribution is 2.28. The topological polar surface area (TPSA) is 72.0 Å². The number of rotatable bonds is 7. The van der Waals surface area contributed by atoms with Gasteiger partial charge in [0.05, 0.1) is 24.1 Å². The van der Waals surface area contributed by atoms with Gasteiger partial charge in [-0.3, -0.25) is 9.59 Å². The molecule has 0 aliphatic carbocycles. The normalized spacial score (nSPS) is 13.8. The van der Waals surface area contributed by atoms with Gasteiger partial charge in [-0.15, -0.1) is 22.7 Å². The molecule has 1 saturated heterocycles. The summed E-state index contributed by atoms with van der Waals surface area (Å²) in [6.45, 7) is 2.42. The summed E-state index contributed by atoms with van der Waals surface area (Å²) in [5.41, 5.74) is 1.77. The lowest BCUT2D eigenvalue weighted by Crippen LogP contribution is -2.49. The average molecular weight is 458 g/mol. The van der Waals surface area contributed by atoms with Crippen LogP contribution in [-0.4, -0.2) is 61.7 Å². The molecule has 3 aromatic rings. The van der Waals surface area contributed by atoms with Crippen LogP contribution < -0.4 is 9.64 Å². The minimum absolute atomic E-state index is 0.0698. The molecule has 4 rings (SSSR count). The van der Waals surface area contributed by atoms with E-state index in [4.69, 9.17) is 9.47 Å². The van der Waals surface area contributed by atoms with E-state index in [-0.39, 0.29) is 18.9 Å². The molecule has 0 bridgehead atoms. The second-order valence-electron chi connectivity index (χ2n) is 7.02. The van der Waals surface area contributed by atoms with E-state index in [9.17, 15) is 9.59 Å². The van der Waals surface area contributed by atoms with E-state index in [0.717, 1.165) is 34.4 Å². The summed E-state index contributed by atoms with van der Waals surface area (Å²) in [5, 5.41) is 4.74. The predicted molar refractivity (Wildman–Crippen MR) is 122 cm³/mol. The maximum atomic E-state index is 12.4. The van der Waals surface area contributed by atoms with Gasteiger partial charge in [0.2, 0.25) is 0 Å². The lowest BCUT2D eigenvalue weighted by Gasteiger charge is -2.36. The van der Waals surface area contributed by atoms with Gasteiger partial charge in [0, 0.05) is 37.2 Å². The van der Waals surface area contributed by atoms with Gasteiger partial charge in [-0.2, -0.15) is 0 Å². The largest absolute Gasteiger partial charge is 0.497 e. The molecular weight excluding hydrogens is 434 g/mol. The van der Waals surface area contributed by atoms with Crippen LogP contribution in [0.2, 0.25) is 0 Å². The Morgan fingerprint density at radius 1 is 1.06 bits per heavy atom. The Bertz CT molecular complexity index is 1010. The first kappa shape index (κ1) is 21.3. The lowest BCUT2D eigenvalue weighted by molar-refractivity contribution is -0.151. The van der Waals surface area contributed by atoms with Gasteiger partial charge in [0.25, 0.3) is 5.91 Å². The number of carbonyl (C=O) groups excluding carboxylic acids is 2. The minimum atomic E-state index is -0.437. The fraction of sp³-hybridized carbons (Fsp3) is 0.318. The Balaban J connectivity index is 1.20. The molecule has 7 nitrogen and oxygen atoms in total. The zero-order valence-electron chi connectivity index (χ0n) is 17.2. The molecule has 0 N–H and O–H groups in total. The highest BCUT2D eigenvalue weighted by atomic mass is 32.1. The number of methoxy groups -OCH3 is 1. The van der Waals surface area contributed by atoms with E-state index in [1.54, 1.807) is 23.3 Å². The van der Waals surface area contributed by atoms with Gasteiger partial charge >= 0.3 is 5.97 Å². The summed E-state index contributed by atoms with van der Waals surface area (Å²) in [6.07, 6.45) is 0.0698. The predicted octanol–water partition coefficient (Wildman–Crippen LogP) is 3.31. The van der Waals surface area contributed by atoms with Crippen molar-refractivity contribution in [2.45, 2.75) is 6.42 Å². The molecule has 1 aliphatic heterocycles. The molecule has 9 heteroatoms. The first-order valence-electron chi connectivity index (χ1n) is 9.93. The maximum Gasteiger partial charge on any atom is 0.312 e. The quantitative estimate of drug-likeness (QED) is 0.507. The van der Waals surface area contributed by atoms with Crippen molar-refractivity contribution in [2.75, 3.05) is 44.8 Å². The lowest BCUT2D eigenvalue weighted by atomic mass is 10.2. The van der Waals surface area contributed by atoms with Crippen LogP contribution in [0.1, 0.15) is 5.69 Å². The smallest absolute Gasteiger partial charge is 0.312 e. The van der Waals surface area contributed by atoms with Crippen molar-refractivity contribution in [3.05, 3.63) is 52.9 Å². The third-order valence-electron chi connectivity index (χ3n) is 5.04. The summed E-state index contributed by atoms with van der Waals surface area (Å²) in [7, 11) is 1.64. The minimum Gasteiger partial charge on any atom is -0.497 e. The van der Waals surface area contributed by atoms with Crippen molar-refractivity contribution in [3.8, 4) is 15.6 Å². The number of hydrogen-bond acceptors (Lipinski definition) is 8. The number of hydrogen-bond donors (Lipinski definition) is 0. The van der Waals surface area contributed by atoms with E-state index in [1.807, 2.05) is 47.2 Å². The van der Waals surface area contributed by atoms with Crippen LogP contribution in [0.4, 0.5) is 5.69 Å². The highest BCUT2D eigenvalue weighted by molar-refractivity contribution is 7.20. The number of thiazole rings is 1. The van der Waals surface area contributed by atoms with Crippen LogP contribution in [0.5, 0.6) is 5.75 Å². The highest BCUT2D eigenvalue weighted by Gasteiger charge is 2.22. The molecule has 1 fully saturated rings. The van der Waals surface area contributed by atoms with Crippen LogP contribution in [0.15, 0.2) is 47.2 Å². The summed E-state index contributed by atoms with van der Waals surface area (Å²) >= 11 is 3.11. The molecule has 1 aliphatic rings. The standard InChI is InChI=1S/C22H23N3O4S2/c1-28-18-6-4-17(5-7-18)24-8-10-25(11-9-24)20(26)14-29-21(27)13-16-15-31-22(23-16)19-3-2-12-30-19/h2-7,12,15H,8-11,13-14H2,1H3. The van der Waals surface area contributed by atoms with Crippen LogP contribution in [0.25, 0.3) is 9.88 Å². The third-order valence-corrected chi connectivity index (χ3v) is 6.97. The first-order valence-corrected chi connectivity index (χ1v) is 11.7. The summed E-state index contributed by atoms with van der Waals surface area (Å²) < 4.78 is 10.4. The van der Waals surface area contributed by atoms with Crippen molar-refractivity contribution in [1.29, 1.82) is 0 Å². The number of benzene rings is 1. The van der Waals surface area contributed by atoms with Crippen molar-refractivity contribution < 1.29 is 19.1 Å². The molecule has 0 unspecified atom stereocenters. The maximum absolute atomic E-state index is 12.4. The number of ether oxygens (including phenoxy) is 2. The van der Waals surface area contributed by atoms with Crippen LogP contribution in [0.3, 0.4) is 0 Å². The monoisotopic (exact) mass is 457 g/mol. The second kappa shape index (κ2) is 9.93. The van der Waals surface area contributed by atoms with E-state index < -0.39 is 5.97 Å². The molecule has 1 amide bonds. The molecule has 0 atom stereocenters. The molecule has 162 valence electrons. The number of aromatic nitrogens is 1. The molecule has 0 saturated carbocycles. The van der Waals surface area contributed by atoms with E-state index in [1.165, 1.54) is 11.3 Å². The van der Waals surface area contributed by atoms with Crippen LogP contribution >= 0.6 is 22.7 Å². The van der Waals surface area contributed by atoms with Crippen LogP contribution in [-0.2, 0) is 20.7 Å². The Hall–Kier alpha value is -2.91. The number of piperazine rings is 1. The Kier molecular flexibility index (Phi) is 6.83. The van der Waals surface area contributed by atoms with Crippen molar-refractivity contribution >= 4 is 40.2 Å². The number of thiophene rings is 1. The SMILES string of the molecule is COc1ccc(N2CCN(C(=O)COC(=O)Cc3csc(-c4cccs4)n3)CC2)cc1. The fourth-order valence-corrected chi connectivity index (χ4v) is 4.97. The summed E-state index contributed by atoms with van der Waals surface area (Å²) in [4.78, 5) is 34.1. The first-order chi connectivity index (χ1) is 15.1. The van der Waals surface area contributed by atoms with Crippen molar-refractivity contribution in [2.24, 2.45) is 0 Å². The fourth-order valence-electron chi connectivity index (χ4n) is 3.34. The Morgan fingerprint density at radius 2 is 1.84 bits per heavy atom. The molecular formula is C22H23N3O4S2. The molecule has 2 aromatic heterocycles. The van der Waals surface area contributed by atoms with Crippen LogP contribution in [0, 0.1) is 0 Å². The van der Waals surface area contributed by atoms with E-state index in [2.05, 4.69) is 9.88 Å². The van der Waals surface area contributed by atoms with Gasteiger partial charge in [-0.25, -0.2) is 4.98 Å².